The molecule has 5 nitrogen and oxygen atoms in total. The van der Waals surface area contributed by atoms with Crippen molar-refractivity contribution in [2.45, 2.75) is 33.2 Å². The van der Waals surface area contributed by atoms with Crippen LogP contribution in [0.3, 0.4) is 0 Å². The molecule has 118 valence electrons. The summed E-state index contributed by atoms with van der Waals surface area (Å²) in [6, 6.07) is 0.288. The molecule has 3 heterocycles. The summed E-state index contributed by atoms with van der Waals surface area (Å²) >= 11 is 0. The molecule has 1 aliphatic rings. The van der Waals surface area contributed by atoms with E-state index in [1.165, 1.54) is 0 Å². The third-order valence-electron chi connectivity index (χ3n) is 4.80. The zero-order chi connectivity index (χ0) is 16.2. The Hall–Kier alpha value is -2.04. The largest absolute Gasteiger partial charge is 0.349 e. The van der Waals surface area contributed by atoms with Gasteiger partial charge in [-0.05, 0) is 24.8 Å². The number of nitrogens with zero attached hydrogens (tertiary/aromatic N) is 3. The van der Waals surface area contributed by atoms with E-state index in [0.29, 0.717) is 16.9 Å². The molecule has 5 heteroatoms. The molecule has 1 fully saturated rings. The average molecular weight is 301 g/mol. The Balaban J connectivity index is 2.16. The maximum absolute atomic E-state index is 12.9. The van der Waals surface area contributed by atoms with Gasteiger partial charge >= 0.3 is 0 Å². The summed E-state index contributed by atoms with van der Waals surface area (Å²) < 4.78 is 3.45. The molecule has 1 saturated heterocycles. The van der Waals surface area contributed by atoms with Gasteiger partial charge in [0.1, 0.15) is 0 Å². The first-order valence-electron chi connectivity index (χ1n) is 7.79. The molecule has 1 amide bonds. The van der Waals surface area contributed by atoms with E-state index in [2.05, 4.69) is 13.8 Å². The lowest BCUT2D eigenvalue weighted by molar-refractivity contribution is 0.0349. The normalized spacial score (nSPS) is 18.1. The van der Waals surface area contributed by atoms with Crippen molar-refractivity contribution in [1.82, 2.24) is 14.0 Å². The van der Waals surface area contributed by atoms with Crippen LogP contribution in [0.1, 0.15) is 36.2 Å². The van der Waals surface area contributed by atoms with Crippen LogP contribution in [0.5, 0.6) is 0 Å². The number of carbonyl (C=O) groups excluding carboxylic acids is 1. The zero-order valence-electron chi connectivity index (χ0n) is 13.9. The van der Waals surface area contributed by atoms with Gasteiger partial charge in [-0.1, -0.05) is 13.8 Å². The van der Waals surface area contributed by atoms with Gasteiger partial charge in [0.25, 0.3) is 11.5 Å². The number of fused-ring (bicyclic) bond motifs is 1. The van der Waals surface area contributed by atoms with Crippen LogP contribution < -0.4 is 5.56 Å². The summed E-state index contributed by atoms with van der Waals surface area (Å²) in [6.45, 7) is 7.02. The van der Waals surface area contributed by atoms with Crippen LogP contribution in [-0.2, 0) is 14.1 Å². The van der Waals surface area contributed by atoms with Gasteiger partial charge in [0.2, 0.25) is 0 Å². The smallest absolute Gasteiger partial charge is 0.260 e. The molecule has 0 N–H and O–H groups in total. The second-order valence-electron chi connectivity index (χ2n) is 6.70. The van der Waals surface area contributed by atoms with Crippen molar-refractivity contribution in [2.75, 3.05) is 6.54 Å². The van der Waals surface area contributed by atoms with Crippen LogP contribution in [-0.4, -0.2) is 32.5 Å². The summed E-state index contributed by atoms with van der Waals surface area (Å²) in [5, 5.41) is 0.546. The minimum atomic E-state index is -0.105. The summed E-state index contributed by atoms with van der Waals surface area (Å²) in [4.78, 5) is 27.4. The highest BCUT2D eigenvalue weighted by atomic mass is 16.2. The molecule has 0 saturated carbocycles. The molecule has 2 aromatic rings. The summed E-state index contributed by atoms with van der Waals surface area (Å²) in [6.07, 6.45) is 4.67. The quantitative estimate of drug-likeness (QED) is 0.852. The number of rotatable bonds is 2. The van der Waals surface area contributed by atoms with Crippen molar-refractivity contribution in [3.8, 4) is 0 Å². The van der Waals surface area contributed by atoms with Gasteiger partial charge in [0.15, 0.2) is 0 Å². The lowest BCUT2D eigenvalue weighted by Crippen LogP contribution is -2.53. The highest BCUT2D eigenvalue weighted by Crippen LogP contribution is 2.29. The minimum absolute atomic E-state index is 0.0155. The fraction of sp³-hybridized carbons (Fsp3) is 0.529. The average Bonchev–Trinajstić information content (AvgIpc) is 2.72. The number of aryl methyl sites for hydroxylation is 3. The van der Waals surface area contributed by atoms with Crippen molar-refractivity contribution in [3.63, 3.8) is 0 Å². The second kappa shape index (κ2) is 5.00. The van der Waals surface area contributed by atoms with Crippen LogP contribution in [0.2, 0.25) is 0 Å². The number of aromatic nitrogens is 2. The Morgan fingerprint density at radius 2 is 1.91 bits per heavy atom. The Labute approximate surface area is 130 Å². The van der Waals surface area contributed by atoms with Crippen molar-refractivity contribution in [3.05, 3.63) is 33.9 Å². The second-order valence-corrected chi connectivity index (χ2v) is 6.70. The summed E-state index contributed by atoms with van der Waals surface area (Å²) in [7, 11) is 3.62. The van der Waals surface area contributed by atoms with Crippen LogP contribution in [0.4, 0.5) is 0 Å². The van der Waals surface area contributed by atoms with E-state index in [1.807, 2.05) is 29.6 Å². The highest BCUT2D eigenvalue weighted by molar-refractivity contribution is 6.07. The fourth-order valence-electron chi connectivity index (χ4n) is 3.57. The molecule has 1 unspecified atom stereocenters. The number of likely N-dealkylation sites (tertiary alicyclic amines) is 1. The molecule has 0 radical (unpaired) electrons. The van der Waals surface area contributed by atoms with Gasteiger partial charge in [-0.15, -0.1) is 0 Å². The maximum atomic E-state index is 12.9. The first-order valence-corrected chi connectivity index (χ1v) is 7.79. The molecule has 0 bridgehead atoms. The lowest BCUT2D eigenvalue weighted by atomic mass is 9.91. The Bertz CT molecular complexity index is 813. The van der Waals surface area contributed by atoms with E-state index in [4.69, 9.17) is 0 Å². The predicted molar refractivity (Wildman–Crippen MR) is 87.2 cm³/mol. The van der Waals surface area contributed by atoms with Crippen molar-refractivity contribution in [2.24, 2.45) is 20.0 Å². The van der Waals surface area contributed by atoms with Gasteiger partial charge in [-0.25, -0.2) is 0 Å². The van der Waals surface area contributed by atoms with E-state index in [-0.39, 0.29) is 17.5 Å². The van der Waals surface area contributed by atoms with E-state index < -0.39 is 0 Å². The van der Waals surface area contributed by atoms with Gasteiger partial charge in [-0.2, -0.15) is 0 Å². The Kier molecular flexibility index (Phi) is 3.38. The molecule has 3 rings (SSSR count). The van der Waals surface area contributed by atoms with E-state index in [1.54, 1.807) is 17.8 Å². The van der Waals surface area contributed by atoms with E-state index >= 15 is 0 Å². The first kappa shape index (κ1) is 14.9. The third-order valence-corrected chi connectivity index (χ3v) is 4.80. The fourth-order valence-corrected chi connectivity index (χ4v) is 3.57. The SMILES string of the molecule is Cc1cn(C)c(=O)c2c(C(=O)N3CCC3C(C)C)cn(C)c12. The van der Waals surface area contributed by atoms with Crippen molar-refractivity contribution >= 4 is 16.8 Å². The van der Waals surface area contributed by atoms with Crippen molar-refractivity contribution in [1.29, 1.82) is 0 Å². The standard InChI is InChI=1S/C17H23N3O2/c1-10(2)13-6-7-20(13)16(21)12-9-18(4)15-11(3)8-19(5)17(22)14(12)15/h8-10,13H,6-7H2,1-5H3. The number of pyridine rings is 1. The summed E-state index contributed by atoms with van der Waals surface area (Å²) in [5.41, 5.74) is 2.29. The highest BCUT2D eigenvalue weighted by Gasteiger charge is 2.36. The lowest BCUT2D eigenvalue weighted by Gasteiger charge is -2.43. The van der Waals surface area contributed by atoms with Gasteiger partial charge < -0.3 is 14.0 Å². The van der Waals surface area contributed by atoms with Gasteiger partial charge in [0.05, 0.1) is 16.5 Å². The Morgan fingerprint density at radius 1 is 1.23 bits per heavy atom. The van der Waals surface area contributed by atoms with Crippen LogP contribution in [0.15, 0.2) is 17.2 Å². The van der Waals surface area contributed by atoms with Crippen LogP contribution in [0.25, 0.3) is 10.9 Å². The Morgan fingerprint density at radius 3 is 2.45 bits per heavy atom. The molecular weight excluding hydrogens is 278 g/mol. The predicted octanol–water partition coefficient (Wildman–Crippen LogP) is 2.06. The maximum Gasteiger partial charge on any atom is 0.260 e. The molecule has 2 aromatic heterocycles. The van der Waals surface area contributed by atoms with Crippen molar-refractivity contribution < 1.29 is 4.79 Å². The number of hydrogen-bond acceptors (Lipinski definition) is 2. The monoisotopic (exact) mass is 301 g/mol. The zero-order valence-corrected chi connectivity index (χ0v) is 13.9. The van der Waals surface area contributed by atoms with Gasteiger partial charge in [0, 0.05) is 39.1 Å². The third kappa shape index (κ3) is 1.99. The topological polar surface area (TPSA) is 47.2 Å². The number of carbonyl (C=O) groups is 1. The van der Waals surface area contributed by atoms with Crippen LogP contribution >= 0.6 is 0 Å². The first-order chi connectivity index (χ1) is 10.3. The van der Waals surface area contributed by atoms with E-state index in [9.17, 15) is 9.59 Å². The van der Waals surface area contributed by atoms with Gasteiger partial charge in [-0.3, -0.25) is 9.59 Å². The molecule has 1 atom stereocenters. The van der Waals surface area contributed by atoms with Crippen LogP contribution in [0, 0.1) is 12.8 Å². The molecule has 1 aliphatic heterocycles. The molecule has 22 heavy (non-hydrogen) atoms. The van der Waals surface area contributed by atoms with E-state index in [0.717, 1.165) is 24.0 Å². The summed E-state index contributed by atoms with van der Waals surface area (Å²) in [5.74, 6) is 0.426. The number of amides is 1. The number of hydrogen-bond donors (Lipinski definition) is 0. The molecule has 0 aromatic carbocycles. The molecular formula is C17H23N3O2. The molecule has 0 spiro atoms. The minimum Gasteiger partial charge on any atom is -0.349 e. The molecule has 0 aliphatic carbocycles.